The highest BCUT2D eigenvalue weighted by Crippen LogP contribution is 2.30. The van der Waals surface area contributed by atoms with Gasteiger partial charge in [-0.25, -0.2) is 0 Å². The first-order valence-corrected chi connectivity index (χ1v) is 5.87. The fourth-order valence-corrected chi connectivity index (χ4v) is 1.73. The van der Waals surface area contributed by atoms with Gasteiger partial charge in [0.25, 0.3) is 0 Å². The van der Waals surface area contributed by atoms with E-state index in [0.717, 1.165) is 11.3 Å². The predicted octanol–water partition coefficient (Wildman–Crippen LogP) is 4.67. The smallest absolute Gasteiger partial charge is 0.131 e. The van der Waals surface area contributed by atoms with Gasteiger partial charge in [-0.15, -0.1) is 12.4 Å². The van der Waals surface area contributed by atoms with Crippen molar-refractivity contribution in [2.45, 2.75) is 6.54 Å². The Morgan fingerprint density at radius 1 is 1.00 bits per heavy atom. The third-order valence-corrected chi connectivity index (χ3v) is 3.05. The Morgan fingerprint density at radius 2 is 1.72 bits per heavy atom. The quantitative estimate of drug-likeness (QED) is 0.894. The predicted molar refractivity (Wildman–Crippen MR) is 78.1 cm³/mol. The number of nitrogens with two attached hydrogens (primary N) is 1. The van der Waals surface area contributed by atoms with Crippen LogP contribution < -0.4 is 10.5 Å². The van der Waals surface area contributed by atoms with Crippen molar-refractivity contribution in [1.29, 1.82) is 0 Å². The molecule has 0 radical (unpaired) electrons. The number of para-hydroxylation sites is 1. The highest BCUT2D eigenvalue weighted by molar-refractivity contribution is 6.42. The van der Waals surface area contributed by atoms with Gasteiger partial charge in [-0.05, 0) is 18.2 Å². The molecule has 0 saturated heterocycles. The van der Waals surface area contributed by atoms with E-state index in [2.05, 4.69) is 0 Å². The monoisotopic (exact) mass is 303 g/mol. The summed E-state index contributed by atoms with van der Waals surface area (Å²) in [4.78, 5) is 0. The molecule has 0 atom stereocenters. The van der Waals surface area contributed by atoms with Crippen molar-refractivity contribution in [2.75, 3.05) is 0 Å². The lowest BCUT2D eigenvalue weighted by molar-refractivity contribution is 0.476. The number of halogens is 3. The standard InChI is InChI=1S/C13H11Cl2NO.ClH/c14-11-6-5-10(7-12(11)15)17-13-4-2-1-3-9(13)8-16;/h1-7H,8,16H2;1H. The molecule has 2 aromatic rings. The summed E-state index contributed by atoms with van der Waals surface area (Å²) in [5.74, 6) is 1.37. The van der Waals surface area contributed by atoms with E-state index < -0.39 is 0 Å². The summed E-state index contributed by atoms with van der Waals surface area (Å²) >= 11 is 11.8. The minimum absolute atomic E-state index is 0. The van der Waals surface area contributed by atoms with Crippen molar-refractivity contribution in [3.63, 3.8) is 0 Å². The Morgan fingerprint density at radius 3 is 2.39 bits per heavy atom. The molecule has 5 heteroatoms. The first-order valence-electron chi connectivity index (χ1n) is 5.11. The lowest BCUT2D eigenvalue weighted by atomic mass is 10.2. The van der Waals surface area contributed by atoms with Crippen molar-refractivity contribution < 1.29 is 4.74 Å². The van der Waals surface area contributed by atoms with E-state index in [1.807, 2.05) is 24.3 Å². The molecule has 96 valence electrons. The first kappa shape index (κ1) is 15.1. The maximum absolute atomic E-state index is 5.92. The van der Waals surface area contributed by atoms with Crippen molar-refractivity contribution in [3.05, 3.63) is 58.1 Å². The van der Waals surface area contributed by atoms with E-state index in [9.17, 15) is 0 Å². The lowest BCUT2D eigenvalue weighted by Gasteiger charge is -2.10. The second-order valence-electron chi connectivity index (χ2n) is 3.49. The van der Waals surface area contributed by atoms with Gasteiger partial charge in [-0.2, -0.15) is 0 Å². The molecule has 0 fully saturated rings. The minimum atomic E-state index is 0. The van der Waals surface area contributed by atoms with Crippen molar-refractivity contribution in [2.24, 2.45) is 5.73 Å². The molecule has 2 rings (SSSR count). The molecule has 2 nitrogen and oxygen atoms in total. The normalized spacial score (nSPS) is 9.72. The van der Waals surface area contributed by atoms with Crippen LogP contribution in [0, 0.1) is 0 Å². The lowest BCUT2D eigenvalue weighted by Crippen LogP contribution is -1.98. The molecule has 0 heterocycles. The Balaban J connectivity index is 0.00000162. The van der Waals surface area contributed by atoms with Crippen molar-refractivity contribution >= 4 is 35.6 Å². The first-order chi connectivity index (χ1) is 8.20. The van der Waals surface area contributed by atoms with Crippen LogP contribution in [0.2, 0.25) is 10.0 Å². The summed E-state index contributed by atoms with van der Waals surface area (Å²) in [5, 5.41) is 0.973. The van der Waals surface area contributed by atoms with Crippen LogP contribution in [0.3, 0.4) is 0 Å². The number of hydrogen-bond acceptors (Lipinski definition) is 2. The van der Waals surface area contributed by atoms with Crippen LogP contribution in [0.5, 0.6) is 11.5 Å². The minimum Gasteiger partial charge on any atom is -0.457 e. The van der Waals surface area contributed by atoms with Gasteiger partial charge in [0.2, 0.25) is 0 Å². The molecule has 0 aliphatic rings. The summed E-state index contributed by atoms with van der Waals surface area (Å²) in [7, 11) is 0. The SMILES string of the molecule is Cl.NCc1ccccc1Oc1ccc(Cl)c(Cl)c1. The Bertz CT molecular complexity index is 531. The summed E-state index contributed by atoms with van der Waals surface area (Å²) < 4.78 is 5.71. The van der Waals surface area contributed by atoms with E-state index >= 15 is 0 Å². The number of ether oxygens (including phenoxy) is 1. The Hall–Kier alpha value is -0.930. The van der Waals surface area contributed by atoms with Gasteiger partial charge in [-0.1, -0.05) is 41.4 Å². The van der Waals surface area contributed by atoms with Gasteiger partial charge in [-0.3, -0.25) is 0 Å². The molecule has 0 amide bonds. The van der Waals surface area contributed by atoms with Gasteiger partial charge in [0.15, 0.2) is 0 Å². The molecule has 0 bridgehead atoms. The third-order valence-electron chi connectivity index (χ3n) is 2.31. The molecule has 0 aromatic heterocycles. The van der Waals surface area contributed by atoms with E-state index in [1.54, 1.807) is 18.2 Å². The summed E-state index contributed by atoms with van der Waals surface area (Å²) in [6, 6.07) is 12.7. The van der Waals surface area contributed by atoms with Crippen molar-refractivity contribution in [1.82, 2.24) is 0 Å². The molecule has 0 unspecified atom stereocenters. The Kier molecular flexibility index (Phi) is 5.76. The highest BCUT2D eigenvalue weighted by Gasteiger charge is 2.04. The number of rotatable bonds is 3. The number of hydrogen-bond donors (Lipinski definition) is 1. The van der Waals surface area contributed by atoms with Crippen LogP contribution in [-0.4, -0.2) is 0 Å². The fourth-order valence-electron chi connectivity index (χ4n) is 1.44. The molecular weight excluding hydrogens is 293 g/mol. The largest absolute Gasteiger partial charge is 0.457 e. The summed E-state index contributed by atoms with van der Waals surface area (Å²) in [5.41, 5.74) is 6.57. The highest BCUT2D eigenvalue weighted by atomic mass is 35.5. The second-order valence-corrected chi connectivity index (χ2v) is 4.30. The zero-order chi connectivity index (χ0) is 12.3. The summed E-state index contributed by atoms with van der Waals surface area (Å²) in [6.07, 6.45) is 0. The molecule has 0 saturated carbocycles. The van der Waals surface area contributed by atoms with E-state index in [0.29, 0.717) is 22.3 Å². The molecule has 2 N–H and O–H groups in total. The van der Waals surface area contributed by atoms with Crippen LogP contribution in [0.15, 0.2) is 42.5 Å². The van der Waals surface area contributed by atoms with Gasteiger partial charge in [0.05, 0.1) is 10.0 Å². The molecular formula is C13H12Cl3NO. The average Bonchev–Trinajstić information content (AvgIpc) is 2.34. The van der Waals surface area contributed by atoms with E-state index in [4.69, 9.17) is 33.7 Å². The van der Waals surface area contributed by atoms with E-state index in [1.165, 1.54) is 0 Å². The van der Waals surface area contributed by atoms with Gasteiger partial charge >= 0.3 is 0 Å². The van der Waals surface area contributed by atoms with Crippen molar-refractivity contribution in [3.8, 4) is 11.5 Å². The van der Waals surface area contributed by atoms with Gasteiger partial charge in [0, 0.05) is 18.2 Å². The summed E-state index contributed by atoms with van der Waals surface area (Å²) in [6.45, 7) is 0.428. The zero-order valence-electron chi connectivity index (χ0n) is 9.40. The maximum Gasteiger partial charge on any atom is 0.131 e. The van der Waals surface area contributed by atoms with Crippen LogP contribution >= 0.6 is 35.6 Å². The maximum atomic E-state index is 5.92. The fraction of sp³-hybridized carbons (Fsp3) is 0.0769. The number of benzene rings is 2. The zero-order valence-corrected chi connectivity index (χ0v) is 11.7. The topological polar surface area (TPSA) is 35.2 Å². The molecule has 0 aliphatic heterocycles. The van der Waals surface area contributed by atoms with Gasteiger partial charge < -0.3 is 10.5 Å². The third kappa shape index (κ3) is 3.53. The molecule has 0 aliphatic carbocycles. The van der Waals surface area contributed by atoms with Crippen LogP contribution in [0.1, 0.15) is 5.56 Å². The molecule has 18 heavy (non-hydrogen) atoms. The van der Waals surface area contributed by atoms with Crippen LogP contribution in [0.25, 0.3) is 0 Å². The van der Waals surface area contributed by atoms with Crippen LogP contribution in [0.4, 0.5) is 0 Å². The van der Waals surface area contributed by atoms with Gasteiger partial charge in [0.1, 0.15) is 11.5 Å². The average molecular weight is 305 g/mol. The second kappa shape index (κ2) is 6.86. The van der Waals surface area contributed by atoms with E-state index in [-0.39, 0.29) is 12.4 Å². The Labute approximate surface area is 122 Å². The molecule has 0 spiro atoms. The van der Waals surface area contributed by atoms with Crippen LogP contribution in [-0.2, 0) is 6.54 Å². The molecule has 2 aromatic carbocycles.